The van der Waals surface area contributed by atoms with Crippen molar-refractivity contribution in [2.24, 2.45) is 0 Å². The van der Waals surface area contributed by atoms with Crippen molar-refractivity contribution in [1.29, 1.82) is 0 Å². The van der Waals surface area contributed by atoms with E-state index in [4.69, 9.17) is 0 Å². The molecule has 0 spiro atoms. The van der Waals surface area contributed by atoms with Gasteiger partial charge in [-0.2, -0.15) is 11.8 Å². The van der Waals surface area contributed by atoms with Crippen LogP contribution in [0.3, 0.4) is 0 Å². The lowest BCUT2D eigenvalue weighted by Crippen LogP contribution is -2.41. The molecule has 0 unspecified atom stereocenters. The van der Waals surface area contributed by atoms with E-state index in [2.05, 4.69) is 31.5 Å². The van der Waals surface area contributed by atoms with Crippen molar-refractivity contribution in [1.82, 2.24) is 10.3 Å². The van der Waals surface area contributed by atoms with Crippen LogP contribution in [0.15, 0.2) is 40.3 Å². The van der Waals surface area contributed by atoms with Crippen molar-refractivity contribution >= 4 is 56.5 Å². The molecule has 0 saturated heterocycles. The lowest BCUT2D eigenvalue weighted by molar-refractivity contribution is -0.122. The molecular formula is C17H20BrN3O2S2. The number of amides is 2. The van der Waals surface area contributed by atoms with E-state index in [1.54, 1.807) is 6.20 Å². The first-order valence-electron chi connectivity index (χ1n) is 7.71. The van der Waals surface area contributed by atoms with Gasteiger partial charge >= 0.3 is 0 Å². The predicted molar refractivity (Wildman–Crippen MR) is 108 cm³/mol. The molecule has 2 aromatic rings. The quantitative estimate of drug-likeness (QED) is 0.606. The molecule has 0 aliphatic heterocycles. The number of hydrogen-bond acceptors (Lipinski definition) is 5. The number of thioether (sulfide) groups is 1. The van der Waals surface area contributed by atoms with Crippen LogP contribution in [0.1, 0.15) is 25.3 Å². The maximum absolute atomic E-state index is 12.1. The fraction of sp³-hybridized carbons (Fsp3) is 0.353. The summed E-state index contributed by atoms with van der Waals surface area (Å²) in [6.45, 7) is 3.87. The van der Waals surface area contributed by atoms with Gasteiger partial charge in [0, 0.05) is 33.9 Å². The maximum Gasteiger partial charge on any atom is 0.234 e. The van der Waals surface area contributed by atoms with Crippen molar-refractivity contribution in [3.05, 3.63) is 45.3 Å². The van der Waals surface area contributed by atoms with Crippen molar-refractivity contribution in [3.63, 3.8) is 0 Å². The van der Waals surface area contributed by atoms with Crippen LogP contribution >= 0.6 is 39.0 Å². The Hall–Kier alpha value is -1.38. The zero-order valence-electron chi connectivity index (χ0n) is 14.0. The first-order valence-corrected chi connectivity index (χ1v) is 10.5. The standard InChI is InChI=1S/C17H20BrN3O2S2/c1-17(2,16-19-8-10-25-16)21-14(22)7-9-24-11-15(23)20-13-5-3-12(18)4-6-13/h3-6,8,10H,7,9,11H2,1-2H3,(H,20,23)(H,21,22). The number of hydrogen-bond donors (Lipinski definition) is 2. The Morgan fingerprint density at radius 2 is 1.96 bits per heavy atom. The molecule has 0 radical (unpaired) electrons. The molecule has 8 heteroatoms. The second-order valence-electron chi connectivity index (χ2n) is 5.87. The summed E-state index contributed by atoms with van der Waals surface area (Å²) in [7, 11) is 0. The number of benzene rings is 1. The summed E-state index contributed by atoms with van der Waals surface area (Å²) >= 11 is 6.31. The minimum atomic E-state index is -0.477. The molecule has 25 heavy (non-hydrogen) atoms. The summed E-state index contributed by atoms with van der Waals surface area (Å²) in [5.41, 5.74) is 0.284. The number of rotatable bonds is 8. The maximum atomic E-state index is 12.1. The molecule has 1 aromatic heterocycles. The Morgan fingerprint density at radius 1 is 1.24 bits per heavy atom. The van der Waals surface area contributed by atoms with E-state index in [9.17, 15) is 9.59 Å². The summed E-state index contributed by atoms with van der Waals surface area (Å²) < 4.78 is 0.964. The first kappa shape index (κ1) is 19.9. The topological polar surface area (TPSA) is 71.1 Å². The van der Waals surface area contributed by atoms with E-state index in [1.165, 1.54) is 23.1 Å². The number of thiazole rings is 1. The molecule has 1 heterocycles. The number of aromatic nitrogens is 1. The molecule has 0 saturated carbocycles. The molecule has 1 aromatic carbocycles. The van der Waals surface area contributed by atoms with E-state index in [0.29, 0.717) is 17.9 Å². The number of carbonyl (C=O) groups excluding carboxylic acids is 2. The average molecular weight is 442 g/mol. The van der Waals surface area contributed by atoms with Crippen LogP contribution in [0.2, 0.25) is 0 Å². The summed E-state index contributed by atoms with van der Waals surface area (Å²) in [6, 6.07) is 7.41. The normalized spacial score (nSPS) is 11.2. The lowest BCUT2D eigenvalue weighted by atomic mass is 10.1. The van der Waals surface area contributed by atoms with Crippen molar-refractivity contribution in [3.8, 4) is 0 Å². The largest absolute Gasteiger partial charge is 0.345 e. The van der Waals surface area contributed by atoms with E-state index in [0.717, 1.165) is 15.2 Å². The number of nitrogens with one attached hydrogen (secondary N) is 2. The third-order valence-electron chi connectivity index (χ3n) is 3.25. The molecule has 0 aliphatic rings. The smallest absolute Gasteiger partial charge is 0.234 e. The number of anilines is 1. The van der Waals surface area contributed by atoms with Crippen molar-refractivity contribution < 1.29 is 9.59 Å². The van der Waals surface area contributed by atoms with Crippen LogP contribution in [-0.2, 0) is 15.1 Å². The number of nitrogens with zero attached hydrogens (tertiary/aromatic N) is 1. The molecule has 134 valence electrons. The second-order valence-corrected chi connectivity index (χ2v) is 8.78. The Labute approximate surface area is 164 Å². The van der Waals surface area contributed by atoms with Gasteiger partial charge in [0.25, 0.3) is 0 Å². The molecule has 0 bridgehead atoms. The first-order chi connectivity index (χ1) is 11.9. The molecule has 2 N–H and O–H groups in total. The fourth-order valence-electron chi connectivity index (χ4n) is 2.06. The monoisotopic (exact) mass is 441 g/mol. The minimum Gasteiger partial charge on any atom is -0.345 e. The fourth-order valence-corrected chi connectivity index (χ4v) is 3.77. The molecule has 0 aliphatic carbocycles. The van der Waals surface area contributed by atoms with Crippen LogP contribution in [0.4, 0.5) is 5.69 Å². The second kappa shape index (κ2) is 9.35. The highest BCUT2D eigenvalue weighted by Gasteiger charge is 2.25. The van der Waals surface area contributed by atoms with Crippen LogP contribution in [0, 0.1) is 0 Å². The van der Waals surface area contributed by atoms with Gasteiger partial charge in [0.1, 0.15) is 5.01 Å². The van der Waals surface area contributed by atoms with Crippen LogP contribution in [0.5, 0.6) is 0 Å². The molecule has 2 rings (SSSR count). The molecule has 2 amide bonds. The Morgan fingerprint density at radius 3 is 2.60 bits per heavy atom. The summed E-state index contributed by atoms with van der Waals surface area (Å²) in [4.78, 5) is 28.2. The highest BCUT2D eigenvalue weighted by molar-refractivity contribution is 9.10. The van der Waals surface area contributed by atoms with E-state index < -0.39 is 5.54 Å². The van der Waals surface area contributed by atoms with Crippen LogP contribution in [0.25, 0.3) is 0 Å². The third-order valence-corrected chi connectivity index (χ3v) is 5.84. The minimum absolute atomic E-state index is 0.0407. The highest BCUT2D eigenvalue weighted by atomic mass is 79.9. The van der Waals surface area contributed by atoms with Gasteiger partial charge in [0.15, 0.2) is 0 Å². The molecule has 0 fully saturated rings. The predicted octanol–water partition coefficient (Wildman–Crippen LogP) is 4.02. The van der Waals surface area contributed by atoms with E-state index in [-0.39, 0.29) is 11.8 Å². The van der Waals surface area contributed by atoms with Gasteiger partial charge in [-0.3, -0.25) is 9.59 Å². The molecule has 0 atom stereocenters. The van der Waals surface area contributed by atoms with Gasteiger partial charge in [0.2, 0.25) is 11.8 Å². The van der Waals surface area contributed by atoms with Crippen molar-refractivity contribution in [2.75, 3.05) is 16.8 Å². The highest BCUT2D eigenvalue weighted by Crippen LogP contribution is 2.22. The Kier molecular flexibility index (Phi) is 7.46. The molecular weight excluding hydrogens is 422 g/mol. The summed E-state index contributed by atoms with van der Waals surface area (Å²) in [6.07, 6.45) is 2.10. The van der Waals surface area contributed by atoms with Gasteiger partial charge in [0.05, 0.1) is 11.3 Å². The van der Waals surface area contributed by atoms with Gasteiger partial charge in [-0.15, -0.1) is 11.3 Å². The van der Waals surface area contributed by atoms with Crippen LogP contribution in [-0.4, -0.2) is 28.3 Å². The van der Waals surface area contributed by atoms with Gasteiger partial charge < -0.3 is 10.6 Å². The number of carbonyl (C=O) groups is 2. The summed E-state index contributed by atoms with van der Waals surface area (Å²) in [5, 5.41) is 8.58. The SMILES string of the molecule is CC(C)(NC(=O)CCSCC(=O)Nc1ccc(Br)cc1)c1nccs1. The third kappa shape index (κ3) is 6.80. The van der Waals surface area contributed by atoms with Crippen LogP contribution < -0.4 is 10.6 Å². The molecule has 5 nitrogen and oxygen atoms in total. The van der Waals surface area contributed by atoms with Gasteiger partial charge in [-0.1, -0.05) is 15.9 Å². The zero-order chi connectivity index (χ0) is 18.3. The zero-order valence-corrected chi connectivity index (χ0v) is 17.3. The Bertz CT molecular complexity index is 703. The van der Waals surface area contributed by atoms with Crippen molar-refractivity contribution in [2.45, 2.75) is 25.8 Å². The van der Waals surface area contributed by atoms with E-state index in [1.807, 2.05) is 43.5 Å². The average Bonchev–Trinajstić information content (AvgIpc) is 3.09. The Balaban J connectivity index is 1.66. The van der Waals surface area contributed by atoms with E-state index >= 15 is 0 Å². The van der Waals surface area contributed by atoms with Gasteiger partial charge in [-0.25, -0.2) is 4.98 Å². The number of halogens is 1. The summed E-state index contributed by atoms with van der Waals surface area (Å²) in [5.74, 6) is 0.795. The van der Waals surface area contributed by atoms with Gasteiger partial charge in [-0.05, 0) is 38.1 Å². The lowest BCUT2D eigenvalue weighted by Gasteiger charge is -2.23.